The Hall–Kier alpha value is -2.24. The molecule has 0 aliphatic carbocycles. The van der Waals surface area contributed by atoms with E-state index >= 15 is 0 Å². The van der Waals surface area contributed by atoms with E-state index in [0.717, 1.165) is 33.4 Å². The maximum absolute atomic E-state index is 12.9. The van der Waals surface area contributed by atoms with Gasteiger partial charge in [-0.3, -0.25) is 4.79 Å². The van der Waals surface area contributed by atoms with Crippen molar-refractivity contribution in [2.75, 3.05) is 13.1 Å². The second kappa shape index (κ2) is 6.94. The smallest absolute Gasteiger partial charge is 0.266 e. The fourth-order valence-electron chi connectivity index (χ4n) is 3.01. The van der Waals surface area contributed by atoms with Crippen LogP contribution in [0.15, 0.2) is 53.9 Å². The molecule has 25 heavy (non-hydrogen) atoms. The van der Waals surface area contributed by atoms with Crippen LogP contribution < -0.4 is 0 Å². The Morgan fingerprint density at radius 2 is 2.00 bits per heavy atom. The van der Waals surface area contributed by atoms with Crippen LogP contribution >= 0.6 is 22.7 Å². The number of benzene rings is 1. The van der Waals surface area contributed by atoms with Gasteiger partial charge in [0.25, 0.3) is 5.91 Å². The molecule has 126 valence electrons. The number of hydrogen-bond donors (Lipinski definition) is 0. The van der Waals surface area contributed by atoms with Gasteiger partial charge in [0.1, 0.15) is 9.88 Å². The van der Waals surface area contributed by atoms with E-state index in [4.69, 9.17) is 0 Å². The summed E-state index contributed by atoms with van der Waals surface area (Å²) < 4.78 is 0. The average molecular weight is 367 g/mol. The fourth-order valence-corrected chi connectivity index (χ4v) is 4.84. The minimum Gasteiger partial charge on any atom is -0.334 e. The summed E-state index contributed by atoms with van der Waals surface area (Å²) in [5.41, 5.74) is 3.41. The van der Waals surface area contributed by atoms with Gasteiger partial charge in [0.05, 0.1) is 10.6 Å². The lowest BCUT2D eigenvalue weighted by molar-refractivity contribution is 0.0776. The Morgan fingerprint density at radius 3 is 2.68 bits per heavy atom. The molecule has 2 aromatic heterocycles. The highest BCUT2D eigenvalue weighted by atomic mass is 32.1. The first-order valence-electron chi connectivity index (χ1n) is 8.27. The van der Waals surface area contributed by atoms with E-state index in [9.17, 15) is 4.79 Å². The molecule has 3 nitrogen and oxygen atoms in total. The van der Waals surface area contributed by atoms with Crippen molar-refractivity contribution in [1.29, 1.82) is 0 Å². The fraction of sp³-hybridized carbons (Fsp3) is 0.200. The third-order valence-corrected chi connectivity index (χ3v) is 6.55. The highest BCUT2D eigenvalue weighted by molar-refractivity contribution is 7.22. The molecule has 3 aromatic rings. The molecule has 1 amide bonds. The molecule has 1 aliphatic rings. The molecular formula is C20H18N2OS2. The molecule has 0 bridgehead atoms. The molecule has 0 unspecified atom stereocenters. The first kappa shape index (κ1) is 16.2. The zero-order chi connectivity index (χ0) is 17.2. The lowest BCUT2D eigenvalue weighted by Crippen LogP contribution is -2.34. The second-order valence-electron chi connectivity index (χ2n) is 6.01. The van der Waals surface area contributed by atoms with Crippen LogP contribution in [0.3, 0.4) is 0 Å². The largest absolute Gasteiger partial charge is 0.334 e. The van der Waals surface area contributed by atoms with Gasteiger partial charge in [-0.2, -0.15) is 0 Å². The molecule has 0 spiro atoms. The SMILES string of the molecule is Cc1nc(-c2cccs2)sc1C(=O)N1CC=C(c2ccccc2)CC1. The van der Waals surface area contributed by atoms with E-state index in [1.807, 2.05) is 35.4 Å². The summed E-state index contributed by atoms with van der Waals surface area (Å²) in [6.07, 6.45) is 3.07. The zero-order valence-electron chi connectivity index (χ0n) is 13.9. The average Bonchev–Trinajstić information content (AvgIpc) is 3.32. The molecule has 4 rings (SSSR count). The summed E-state index contributed by atoms with van der Waals surface area (Å²) in [7, 11) is 0. The molecule has 3 heterocycles. The summed E-state index contributed by atoms with van der Waals surface area (Å²) >= 11 is 3.16. The van der Waals surface area contributed by atoms with Gasteiger partial charge in [0, 0.05) is 13.1 Å². The minimum atomic E-state index is 0.0983. The van der Waals surface area contributed by atoms with E-state index in [0.29, 0.717) is 6.54 Å². The van der Waals surface area contributed by atoms with Gasteiger partial charge in [0.15, 0.2) is 0 Å². The number of thiazole rings is 1. The Balaban J connectivity index is 1.52. The van der Waals surface area contributed by atoms with E-state index < -0.39 is 0 Å². The van der Waals surface area contributed by atoms with Crippen molar-refractivity contribution >= 4 is 34.2 Å². The summed E-state index contributed by atoms with van der Waals surface area (Å²) in [5.74, 6) is 0.0983. The third-order valence-electron chi connectivity index (χ3n) is 4.36. The number of aromatic nitrogens is 1. The van der Waals surface area contributed by atoms with Gasteiger partial charge >= 0.3 is 0 Å². The lowest BCUT2D eigenvalue weighted by Gasteiger charge is -2.26. The van der Waals surface area contributed by atoms with Crippen molar-refractivity contribution in [1.82, 2.24) is 9.88 Å². The topological polar surface area (TPSA) is 33.2 Å². The van der Waals surface area contributed by atoms with Crippen molar-refractivity contribution in [3.05, 3.63) is 70.1 Å². The highest BCUT2D eigenvalue weighted by Crippen LogP contribution is 2.32. The number of rotatable bonds is 3. The molecule has 1 aromatic carbocycles. The van der Waals surface area contributed by atoms with E-state index in [2.05, 4.69) is 35.3 Å². The maximum Gasteiger partial charge on any atom is 0.266 e. The zero-order valence-corrected chi connectivity index (χ0v) is 15.6. The van der Waals surface area contributed by atoms with Crippen LogP contribution in [-0.4, -0.2) is 28.9 Å². The number of thiophene rings is 1. The van der Waals surface area contributed by atoms with Crippen molar-refractivity contribution < 1.29 is 4.79 Å². The van der Waals surface area contributed by atoms with Gasteiger partial charge in [0.2, 0.25) is 0 Å². The molecule has 0 fully saturated rings. The van der Waals surface area contributed by atoms with Gasteiger partial charge in [-0.1, -0.05) is 42.5 Å². The Labute approximate surface area is 155 Å². The quantitative estimate of drug-likeness (QED) is 0.645. The predicted molar refractivity (Wildman–Crippen MR) is 105 cm³/mol. The molecule has 5 heteroatoms. The number of aryl methyl sites for hydroxylation is 1. The molecule has 0 atom stereocenters. The summed E-state index contributed by atoms with van der Waals surface area (Å²) in [6.45, 7) is 3.34. The number of carbonyl (C=O) groups excluding carboxylic acids is 1. The minimum absolute atomic E-state index is 0.0983. The van der Waals surface area contributed by atoms with Crippen molar-refractivity contribution in [3.63, 3.8) is 0 Å². The normalized spacial score (nSPS) is 14.4. The number of amides is 1. The van der Waals surface area contributed by atoms with Crippen molar-refractivity contribution in [3.8, 4) is 9.88 Å². The van der Waals surface area contributed by atoms with Gasteiger partial charge < -0.3 is 4.90 Å². The van der Waals surface area contributed by atoms with Gasteiger partial charge in [-0.25, -0.2) is 4.98 Å². The standard InChI is InChI=1S/C20H18N2OS2/c1-14-18(25-19(21-14)17-8-5-13-24-17)20(23)22-11-9-16(10-12-22)15-6-3-2-4-7-15/h2-9,13H,10-12H2,1H3. The Kier molecular flexibility index (Phi) is 4.51. The van der Waals surface area contributed by atoms with Crippen molar-refractivity contribution in [2.45, 2.75) is 13.3 Å². The first-order valence-corrected chi connectivity index (χ1v) is 9.97. The van der Waals surface area contributed by atoms with Gasteiger partial charge in [-0.15, -0.1) is 22.7 Å². The summed E-state index contributed by atoms with van der Waals surface area (Å²) in [6, 6.07) is 14.5. The number of carbonyl (C=O) groups is 1. The first-order chi connectivity index (χ1) is 12.2. The molecule has 1 aliphatic heterocycles. The van der Waals surface area contributed by atoms with Gasteiger partial charge in [-0.05, 0) is 35.9 Å². The highest BCUT2D eigenvalue weighted by Gasteiger charge is 2.24. The van der Waals surface area contributed by atoms with E-state index in [1.54, 1.807) is 11.3 Å². The number of hydrogen-bond acceptors (Lipinski definition) is 4. The maximum atomic E-state index is 12.9. The monoisotopic (exact) mass is 366 g/mol. The molecule has 0 saturated heterocycles. The molecule has 0 saturated carbocycles. The Bertz CT molecular complexity index is 911. The van der Waals surface area contributed by atoms with E-state index in [-0.39, 0.29) is 5.91 Å². The summed E-state index contributed by atoms with van der Waals surface area (Å²) in [5, 5.41) is 2.97. The second-order valence-corrected chi connectivity index (χ2v) is 7.95. The molecule has 0 N–H and O–H groups in total. The van der Waals surface area contributed by atoms with Crippen LogP contribution in [0.2, 0.25) is 0 Å². The van der Waals surface area contributed by atoms with Crippen LogP contribution in [0.25, 0.3) is 15.5 Å². The molecule has 0 radical (unpaired) electrons. The van der Waals surface area contributed by atoms with Crippen LogP contribution in [0, 0.1) is 6.92 Å². The molecular weight excluding hydrogens is 348 g/mol. The van der Waals surface area contributed by atoms with Crippen LogP contribution in [0.4, 0.5) is 0 Å². The Morgan fingerprint density at radius 1 is 1.16 bits per heavy atom. The van der Waals surface area contributed by atoms with Crippen LogP contribution in [0.5, 0.6) is 0 Å². The number of nitrogens with zero attached hydrogens (tertiary/aromatic N) is 2. The van der Waals surface area contributed by atoms with E-state index in [1.165, 1.54) is 22.5 Å². The summed E-state index contributed by atoms with van der Waals surface area (Å²) in [4.78, 5) is 21.3. The van der Waals surface area contributed by atoms with Crippen LogP contribution in [-0.2, 0) is 0 Å². The van der Waals surface area contributed by atoms with Crippen LogP contribution in [0.1, 0.15) is 27.3 Å². The van der Waals surface area contributed by atoms with Crippen molar-refractivity contribution in [2.24, 2.45) is 0 Å². The third kappa shape index (κ3) is 3.30. The lowest BCUT2D eigenvalue weighted by atomic mass is 9.99. The predicted octanol–water partition coefficient (Wildman–Crippen LogP) is 5.11.